The van der Waals surface area contributed by atoms with E-state index >= 15 is 0 Å². The molecule has 0 saturated carbocycles. The summed E-state index contributed by atoms with van der Waals surface area (Å²) in [5, 5.41) is 2.06. The second-order valence-corrected chi connectivity index (χ2v) is 7.90. The normalized spacial score (nSPS) is 19.7. The number of likely N-dealkylation sites (tertiary alicyclic amines) is 1. The molecule has 4 aromatic rings. The Bertz CT molecular complexity index is 1150. The molecule has 7 nitrogen and oxygen atoms in total. The highest BCUT2D eigenvalue weighted by molar-refractivity contribution is 5.98. The fourth-order valence-corrected chi connectivity index (χ4v) is 4.39. The third-order valence-electron chi connectivity index (χ3n) is 6.13. The Morgan fingerprint density at radius 3 is 2.97 bits per heavy atom. The van der Waals surface area contributed by atoms with E-state index in [1.807, 2.05) is 47.5 Å². The summed E-state index contributed by atoms with van der Waals surface area (Å²) in [6, 6.07) is 12.1. The van der Waals surface area contributed by atoms with Crippen LogP contribution in [0.4, 0.5) is 5.82 Å². The number of fused-ring (bicyclic) bond motifs is 2. The summed E-state index contributed by atoms with van der Waals surface area (Å²) in [4.78, 5) is 32.6. The Balaban J connectivity index is 1.41. The molecule has 4 heterocycles. The predicted molar refractivity (Wildman–Crippen MR) is 114 cm³/mol. The van der Waals surface area contributed by atoms with E-state index in [0.717, 1.165) is 40.7 Å². The summed E-state index contributed by atoms with van der Waals surface area (Å²) in [6.07, 6.45) is 4.43. The number of carbonyl (C=O) groups excluding carboxylic acids is 1. The van der Waals surface area contributed by atoms with E-state index in [1.54, 1.807) is 6.33 Å². The van der Waals surface area contributed by atoms with E-state index in [4.69, 9.17) is 0 Å². The third kappa shape index (κ3) is 3.03. The highest BCUT2D eigenvalue weighted by Crippen LogP contribution is 2.29. The van der Waals surface area contributed by atoms with Gasteiger partial charge in [-0.15, -0.1) is 0 Å². The fraction of sp³-hybridized carbons (Fsp3) is 0.318. The molecule has 1 fully saturated rings. The second-order valence-electron chi connectivity index (χ2n) is 7.90. The first-order valence-corrected chi connectivity index (χ1v) is 10.00. The Kier molecular flexibility index (Phi) is 4.23. The van der Waals surface area contributed by atoms with Crippen molar-refractivity contribution in [2.75, 3.05) is 25.0 Å². The molecule has 2 N–H and O–H groups in total. The number of benzene rings is 1. The standard InChI is InChI=1S/C22H24N6O/c1-14-8-10-28(22(29)18-11-15-5-3-4-6-17(15)26-18)12-19(14)27(2)21-16-7-9-23-20(16)24-13-25-21/h3-7,9,11,13-14,19,26H,8,10,12H2,1-2H3,(H,23,24,25). The van der Waals surface area contributed by atoms with Crippen molar-refractivity contribution in [3.8, 4) is 0 Å². The van der Waals surface area contributed by atoms with Crippen molar-refractivity contribution in [1.82, 2.24) is 24.8 Å². The number of anilines is 1. The Morgan fingerprint density at radius 2 is 2.10 bits per heavy atom. The molecule has 1 aromatic carbocycles. The third-order valence-corrected chi connectivity index (χ3v) is 6.13. The molecular formula is C22H24N6O. The molecule has 5 rings (SSSR count). The number of rotatable bonds is 3. The number of H-pyrrole nitrogens is 2. The van der Waals surface area contributed by atoms with Gasteiger partial charge in [-0.1, -0.05) is 25.1 Å². The monoisotopic (exact) mass is 388 g/mol. The SMILES string of the molecule is CC1CCN(C(=O)c2cc3ccccc3[nH]2)CC1N(C)c1ncnc2[nH]ccc12. The maximum absolute atomic E-state index is 13.2. The average molecular weight is 388 g/mol. The lowest BCUT2D eigenvalue weighted by Gasteiger charge is -2.42. The molecule has 0 aliphatic carbocycles. The molecule has 148 valence electrons. The van der Waals surface area contributed by atoms with Crippen molar-refractivity contribution in [2.45, 2.75) is 19.4 Å². The first-order valence-electron chi connectivity index (χ1n) is 10.00. The molecule has 0 bridgehead atoms. The van der Waals surface area contributed by atoms with Gasteiger partial charge in [0.05, 0.1) is 11.4 Å². The number of amides is 1. The van der Waals surface area contributed by atoms with Gasteiger partial charge in [-0.05, 0) is 30.5 Å². The topological polar surface area (TPSA) is 80.9 Å². The summed E-state index contributed by atoms with van der Waals surface area (Å²) in [5.41, 5.74) is 2.47. The van der Waals surface area contributed by atoms with Gasteiger partial charge in [-0.3, -0.25) is 4.79 Å². The number of hydrogen-bond donors (Lipinski definition) is 2. The molecule has 2 unspecified atom stereocenters. The number of aromatic nitrogens is 4. The number of nitrogens with one attached hydrogen (secondary N) is 2. The van der Waals surface area contributed by atoms with E-state index in [1.165, 1.54) is 0 Å². The van der Waals surface area contributed by atoms with Gasteiger partial charge in [-0.25, -0.2) is 9.97 Å². The van der Waals surface area contributed by atoms with Gasteiger partial charge in [0.1, 0.15) is 23.5 Å². The number of nitrogens with zero attached hydrogens (tertiary/aromatic N) is 4. The van der Waals surface area contributed by atoms with Crippen LogP contribution in [0.15, 0.2) is 48.9 Å². The molecule has 1 amide bonds. The van der Waals surface area contributed by atoms with Gasteiger partial charge in [0.15, 0.2) is 0 Å². The van der Waals surface area contributed by atoms with Crippen molar-refractivity contribution >= 4 is 33.7 Å². The molecule has 7 heteroatoms. The minimum absolute atomic E-state index is 0.0565. The average Bonchev–Trinajstić information content (AvgIpc) is 3.39. The number of aromatic amines is 2. The van der Waals surface area contributed by atoms with E-state index in [0.29, 0.717) is 18.2 Å². The fourth-order valence-electron chi connectivity index (χ4n) is 4.39. The molecule has 2 atom stereocenters. The number of piperidine rings is 1. The van der Waals surface area contributed by atoms with E-state index < -0.39 is 0 Å². The van der Waals surface area contributed by atoms with Gasteiger partial charge in [0, 0.05) is 37.2 Å². The van der Waals surface area contributed by atoms with Crippen LogP contribution < -0.4 is 4.90 Å². The van der Waals surface area contributed by atoms with Crippen LogP contribution in [-0.4, -0.2) is 56.9 Å². The first kappa shape index (κ1) is 17.7. The van der Waals surface area contributed by atoms with Gasteiger partial charge in [0.25, 0.3) is 5.91 Å². The molecule has 29 heavy (non-hydrogen) atoms. The highest BCUT2D eigenvalue weighted by Gasteiger charge is 2.33. The van der Waals surface area contributed by atoms with Crippen molar-refractivity contribution in [3.63, 3.8) is 0 Å². The lowest BCUT2D eigenvalue weighted by molar-refractivity contribution is 0.0665. The largest absolute Gasteiger partial charge is 0.354 e. The van der Waals surface area contributed by atoms with E-state index in [2.05, 4.69) is 38.8 Å². The first-order chi connectivity index (χ1) is 14.1. The van der Waals surface area contributed by atoms with Crippen LogP contribution in [0.3, 0.4) is 0 Å². The number of likely N-dealkylation sites (N-methyl/N-ethyl adjacent to an activating group) is 1. The smallest absolute Gasteiger partial charge is 0.270 e. The van der Waals surface area contributed by atoms with Crippen molar-refractivity contribution < 1.29 is 4.79 Å². The number of para-hydroxylation sites is 1. The zero-order valence-electron chi connectivity index (χ0n) is 16.6. The van der Waals surface area contributed by atoms with E-state index in [9.17, 15) is 4.79 Å². The van der Waals surface area contributed by atoms with Gasteiger partial charge < -0.3 is 19.8 Å². The van der Waals surface area contributed by atoms with Crippen LogP contribution in [0.5, 0.6) is 0 Å². The summed E-state index contributed by atoms with van der Waals surface area (Å²) < 4.78 is 0. The number of hydrogen-bond acceptors (Lipinski definition) is 4. The molecule has 0 spiro atoms. The van der Waals surface area contributed by atoms with Crippen LogP contribution in [0.25, 0.3) is 21.9 Å². The molecule has 0 radical (unpaired) electrons. The lowest BCUT2D eigenvalue weighted by Crippen LogP contribution is -2.53. The van der Waals surface area contributed by atoms with Crippen LogP contribution >= 0.6 is 0 Å². The molecule has 1 saturated heterocycles. The zero-order valence-corrected chi connectivity index (χ0v) is 16.6. The van der Waals surface area contributed by atoms with Gasteiger partial charge in [-0.2, -0.15) is 0 Å². The Morgan fingerprint density at radius 1 is 1.24 bits per heavy atom. The van der Waals surface area contributed by atoms with Gasteiger partial charge >= 0.3 is 0 Å². The summed E-state index contributed by atoms with van der Waals surface area (Å²) in [7, 11) is 2.06. The highest BCUT2D eigenvalue weighted by atomic mass is 16.2. The van der Waals surface area contributed by atoms with E-state index in [-0.39, 0.29) is 11.9 Å². The van der Waals surface area contributed by atoms with Crippen molar-refractivity contribution in [3.05, 3.63) is 54.6 Å². The van der Waals surface area contributed by atoms with Crippen LogP contribution in [0.1, 0.15) is 23.8 Å². The quantitative estimate of drug-likeness (QED) is 0.563. The van der Waals surface area contributed by atoms with Crippen LogP contribution in [0.2, 0.25) is 0 Å². The molecular weight excluding hydrogens is 364 g/mol. The van der Waals surface area contributed by atoms with Crippen molar-refractivity contribution in [1.29, 1.82) is 0 Å². The molecule has 1 aliphatic rings. The van der Waals surface area contributed by atoms with Gasteiger partial charge in [0.2, 0.25) is 0 Å². The van der Waals surface area contributed by atoms with Crippen LogP contribution in [-0.2, 0) is 0 Å². The van der Waals surface area contributed by atoms with Crippen LogP contribution in [0, 0.1) is 5.92 Å². The summed E-state index contributed by atoms with van der Waals surface area (Å²) in [5.74, 6) is 1.41. The molecule has 3 aromatic heterocycles. The maximum Gasteiger partial charge on any atom is 0.270 e. The summed E-state index contributed by atoms with van der Waals surface area (Å²) in [6.45, 7) is 3.69. The zero-order chi connectivity index (χ0) is 20.0. The second kappa shape index (κ2) is 6.92. The predicted octanol–water partition coefficient (Wildman–Crippen LogP) is 3.43. The Labute approximate surface area is 168 Å². The molecule has 1 aliphatic heterocycles. The number of carbonyl (C=O) groups is 1. The lowest BCUT2D eigenvalue weighted by atomic mass is 9.92. The Hall–Kier alpha value is -3.35. The minimum atomic E-state index is 0.0565. The minimum Gasteiger partial charge on any atom is -0.354 e. The van der Waals surface area contributed by atoms with Crippen molar-refractivity contribution in [2.24, 2.45) is 5.92 Å². The summed E-state index contributed by atoms with van der Waals surface area (Å²) >= 11 is 0. The maximum atomic E-state index is 13.2.